The quantitative estimate of drug-likeness (QED) is 0.0983. The van der Waals surface area contributed by atoms with Gasteiger partial charge in [-0.05, 0) is 46.7 Å². The standard InChI is InChI=1S/C36H41N3O6S/c1-39-19-18-37-36(39)46-24-31-21-32(28-12-10-25(23-40)11-13-28)45-35(44-31)29-16-14-27(15-17-29)30-7-5-6-26(20-30)22-38-33(41)8-3-2-4-9-34(42)43/h5-7,10-20,31-32,35,40H,2-4,8-9,21-24H2,1H3,(H,38,41)(H,42,43). The number of aromatic nitrogens is 2. The molecule has 0 spiro atoms. The molecule has 0 radical (unpaired) electrons. The van der Waals surface area contributed by atoms with Crippen molar-refractivity contribution >= 4 is 23.6 Å². The highest BCUT2D eigenvalue weighted by Crippen LogP contribution is 2.39. The molecular weight excluding hydrogens is 602 g/mol. The van der Waals surface area contributed by atoms with Crippen LogP contribution in [-0.2, 0) is 39.3 Å². The number of ether oxygens (including phenoxy) is 2. The number of amides is 1. The van der Waals surface area contributed by atoms with Crippen LogP contribution < -0.4 is 5.32 Å². The first-order chi connectivity index (χ1) is 22.4. The van der Waals surface area contributed by atoms with Gasteiger partial charge in [0.25, 0.3) is 0 Å². The molecule has 2 heterocycles. The minimum Gasteiger partial charge on any atom is -0.481 e. The van der Waals surface area contributed by atoms with E-state index in [4.69, 9.17) is 14.6 Å². The minimum atomic E-state index is -0.801. The lowest BCUT2D eigenvalue weighted by atomic mass is 9.99. The zero-order chi connectivity index (χ0) is 32.3. The lowest BCUT2D eigenvalue weighted by Crippen LogP contribution is -2.31. The number of carbonyl (C=O) groups is 2. The van der Waals surface area contributed by atoms with Crippen molar-refractivity contribution in [2.75, 3.05) is 5.75 Å². The molecule has 1 aromatic heterocycles. The summed E-state index contributed by atoms with van der Waals surface area (Å²) in [5.41, 5.74) is 5.94. The third kappa shape index (κ3) is 9.53. The second-order valence-corrected chi connectivity index (χ2v) is 12.5. The molecule has 1 aliphatic rings. The fourth-order valence-electron chi connectivity index (χ4n) is 5.40. The Morgan fingerprint density at radius 1 is 0.935 bits per heavy atom. The van der Waals surface area contributed by atoms with Gasteiger partial charge >= 0.3 is 5.97 Å². The van der Waals surface area contributed by atoms with E-state index in [9.17, 15) is 14.7 Å². The first-order valence-corrected chi connectivity index (χ1v) is 16.6. The van der Waals surface area contributed by atoms with Gasteiger partial charge in [0.2, 0.25) is 5.91 Å². The average molecular weight is 644 g/mol. The van der Waals surface area contributed by atoms with Crippen molar-refractivity contribution in [3.63, 3.8) is 0 Å². The maximum absolute atomic E-state index is 12.3. The lowest BCUT2D eigenvalue weighted by Gasteiger charge is -2.36. The number of imidazole rings is 1. The average Bonchev–Trinajstić information content (AvgIpc) is 3.50. The lowest BCUT2D eigenvalue weighted by molar-refractivity contribution is -0.245. The van der Waals surface area contributed by atoms with Crippen LogP contribution in [0.4, 0.5) is 0 Å². The van der Waals surface area contributed by atoms with E-state index >= 15 is 0 Å². The first-order valence-electron chi connectivity index (χ1n) is 15.7. The highest BCUT2D eigenvalue weighted by atomic mass is 32.2. The molecule has 5 rings (SSSR count). The van der Waals surface area contributed by atoms with Crippen molar-refractivity contribution in [2.45, 2.75) is 75.3 Å². The van der Waals surface area contributed by atoms with E-state index in [1.54, 1.807) is 18.0 Å². The minimum absolute atomic E-state index is 0.00193. The molecule has 0 aliphatic carbocycles. The number of rotatable bonds is 15. The van der Waals surface area contributed by atoms with E-state index in [-0.39, 0.29) is 31.1 Å². The number of hydrogen-bond acceptors (Lipinski definition) is 7. The van der Waals surface area contributed by atoms with E-state index in [2.05, 4.69) is 28.5 Å². The molecule has 0 saturated carbocycles. The second-order valence-electron chi connectivity index (χ2n) is 11.5. The molecule has 1 amide bonds. The highest BCUT2D eigenvalue weighted by Gasteiger charge is 2.32. The van der Waals surface area contributed by atoms with E-state index in [1.165, 1.54) is 0 Å². The Kier molecular flexibility index (Phi) is 12.0. The Balaban J connectivity index is 1.22. The number of unbranched alkanes of at least 4 members (excludes halogenated alkanes) is 2. The number of carbonyl (C=O) groups excluding carboxylic acids is 1. The number of nitrogens with one attached hydrogen (secondary N) is 1. The molecule has 0 bridgehead atoms. The predicted octanol–water partition coefficient (Wildman–Crippen LogP) is 6.57. The van der Waals surface area contributed by atoms with Crippen molar-refractivity contribution in [3.8, 4) is 11.1 Å². The topological polar surface area (TPSA) is 123 Å². The number of aliphatic hydroxyl groups excluding tert-OH is 1. The van der Waals surface area contributed by atoms with Gasteiger partial charge in [0.1, 0.15) is 0 Å². The molecule has 3 aromatic carbocycles. The molecule has 46 heavy (non-hydrogen) atoms. The van der Waals surface area contributed by atoms with Crippen molar-refractivity contribution in [1.82, 2.24) is 14.9 Å². The molecule has 3 N–H and O–H groups in total. The van der Waals surface area contributed by atoms with Gasteiger partial charge < -0.3 is 29.6 Å². The van der Waals surface area contributed by atoms with Crippen LogP contribution in [-0.4, -0.2) is 43.5 Å². The van der Waals surface area contributed by atoms with Crippen molar-refractivity contribution in [1.29, 1.82) is 0 Å². The monoisotopic (exact) mass is 643 g/mol. The maximum atomic E-state index is 12.3. The number of aliphatic carboxylic acids is 1. The molecular formula is C36H41N3O6S. The van der Waals surface area contributed by atoms with Gasteiger partial charge in [-0.15, -0.1) is 0 Å². The third-order valence-corrected chi connectivity index (χ3v) is 9.21. The van der Waals surface area contributed by atoms with Crippen LogP contribution in [0.3, 0.4) is 0 Å². The summed E-state index contributed by atoms with van der Waals surface area (Å²) in [6.07, 6.45) is 6.22. The van der Waals surface area contributed by atoms with Crippen molar-refractivity contribution in [3.05, 3.63) is 107 Å². The molecule has 3 atom stereocenters. The van der Waals surface area contributed by atoms with Crippen LogP contribution in [0.2, 0.25) is 0 Å². The Morgan fingerprint density at radius 2 is 1.70 bits per heavy atom. The second kappa shape index (κ2) is 16.6. The number of carboxylic acid groups (broad SMARTS) is 1. The number of nitrogens with zero attached hydrogens (tertiary/aromatic N) is 2. The predicted molar refractivity (Wildman–Crippen MR) is 177 cm³/mol. The Morgan fingerprint density at radius 3 is 2.41 bits per heavy atom. The largest absolute Gasteiger partial charge is 0.481 e. The molecule has 4 aromatic rings. The van der Waals surface area contributed by atoms with E-state index in [0.717, 1.165) is 50.7 Å². The molecule has 3 unspecified atom stereocenters. The highest BCUT2D eigenvalue weighted by molar-refractivity contribution is 7.99. The number of benzene rings is 3. The summed E-state index contributed by atoms with van der Waals surface area (Å²) in [6, 6.07) is 24.2. The van der Waals surface area contributed by atoms with Crippen LogP contribution in [0, 0.1) is 0 Å². The van der Waals surface area contributed by atoms with Gasteiger partial charge in [-0.25, -0.2) is 4.98 Å². The number of hydrogen-bond donors (Lipinski definition) is 3. The summed E-state index contributed by atoms with van der Waals surface area (Å²) in [4.78, 5) is 27.3. The van der Waals surface area contributed by atoms with Crippen LogP contribution in [0.1, 0.15) is 73.2 Å². The molecule has 9 nitrogen and oxygen atoms in total. The van der Waals surface area contributed by atoms with Crippen LogP contribution in [0.25, 0.3) is 11.1 Å². The number of aryl methyl sites for hydroxylation is 1. The smallest absolute Gasteiger partial charge is 0.303 e. The van der Waals surface area contributed by atoms with E-state index in [1.807, 2.05) is 72.4 Å². The van der Waals surface area contributed by atoms with Crippen LogP contribution in [0.5, 0.6) is 0 Å². The SMILES string of the molecule is Cn1ccnc1SCC1CC(c2ccc(CO)cc2)OC(c2ccc(-c3cccc(CNC(=O)CCCCCC(=O)O)c3)cc2)O1. The maximum Gasteiger partial charge on any atom is 0.303 e. The van der Waals surface area contributed by atoms with Crippen molar-refractivity contribution in [2.24, 2.45) is 7.05 Å². The Hall–Kier alpha value is -3.96. The van der Waals surface area contributed by atoms with Crippen molar-refractivity contribution < 1.29 is 29.3 Å². The molecule has 1 fully saturated rings. The van der Waals surface area contributed by atoms with Gasteiger partial charge in [-0.1, -0.05) is 84.9 Å². The fraction of sp³-hybridized carbons (Fsp3) is 0.361. The normalized spacial score (nSPS) is 17.9. The molecule has 1 aliphatic heterocycles. The summed E-state index contributed by atoms with van der Waals surface area (Å²) in [5, 5.41) is 22.1. The first kappa shape index (κ1) is 33.4. The molecule has 10 heteroatoms. The molecule has 1 saturated heterocycles. The summed E-state index contributed by atoms with van der Waals surface area (Å²) < 4.78 is 15.0. The summed E-state index contributed by atoms with van der Waals surface area (Å²) in [5.74, 6) is -0.0934. The van der Waals surface area contributed by atoms with E-state index in [0.29, 0.717) is 32.2 Å². The van der Waals surface area contributed by atoms with E-state index < -0.39 is 12.3 Å². The molecule has 242 valence electrons. The van der Waals surface area contributed by atoms with Crippen LogP contribution >= 0.6 is 11.8 Å². The zero-order valence-electron chi connectivity index (χ0n) is 26.0. The van der Waals surface area contributed by atoms with Gasteiger partial charge in [-0.2, -0.15) is 0 Å². The van der Waals surface area contributed by atoms with Gasteiger partial charge in [-0.3, -0.25) is 9.59 Å². The Bertz CT molecular complexity index is 1570. The third-order valence-electron chi connectivity index (χ3n) is 8.02. The number of aliphatic hydroxyl groups is 1. The summed E-state index contributed by atoms with van der Waals surface area (Å²) >= 11 is 1.67. The number of carboxylic acids is 1. The summed E-state index contributed by atoms with van der Waals surface area (Å²) in [7, 11) is 1.98. The fourth-order valence-corrected chi connectivity index (χ4v) is 6.35. The van der Waals surface area contributed by atoms with Gasteiger partial charge in [0, 0.05) is 56.6 Å². The van der Waals surface area contributed by atoms with Gasteiger partial charge in [0.05, 0.1) is 18.8 Å². The van der Waals surface area contributed by atoms with Crippen LogP contribution in [0.15, 0.2) is 90.3 Å². The Labute approximate surface area is 274 Å². The zero-order valence-corrected chi connectivity index (χ0v) is 26.8. The summed E-state index contributed by atoms with van der Waals surface area (Å²) in [6.45, 7) is 0.434. The van der Waals surface area contributed by atoms with Gasteiger partial charge in [0.15, 0.2) is 11.4 Å². The number of thioether (sulfide) groups is 1.